The van der Waals surface area contributed by atoms with E-state index in [2.05, 4.69) is 18.0 Å². The first-order valence-electron chi connectivity index (χ1n) is 8.62. The Morgan fingerprint density at radius 3 is 2.76 bits per heavy atom. The molecule has 4 nitrogen and oxygen atoms in total. The van der Waals surface area contributed by atoms with E-state index >= 15 is 0 Å². The van der Waals surface area contributed by atoms with Gasteiger partial charge >= 0.3 is 0 Å². The Morgan fingerprint density at radius 2 is 1.92 bits per heavy atom. The molecular weight excluding hydrogens is 312 g/mol. The molecule has 126 valence electrons. The van der Waals surface area contributed by atoms with Crippen molar-refractivity contribution in [3.8, 4) is 11.3 Å². The maximum atomic E-state index is 12.7. The first kappa shape index (κ1) is 15.6. The number of rotatable bonds is 4. The number of benzene rings is 2. The van der Waals surface area contributed by atoms with Crippen molar-refractivity contribution in [2.24, 2.45) is 0 Å². The highest BCUT2D eigenvalue weighted by atomic mass is 16.4. The molecule has 0 spiro atoms. The van der Waals surface area contributed by atoms with Gasteiger partial charge in [0.2, 0.25) is 5.91 Å². The first-order valence-corrected chi connectivity index (χ1v) is 8.62. The van der Waals surface area contributed by atoms with Crippen LogP contribution < -0.4 is 4.90 Å². The molecule has 0 radical (unpaired) electrons. The van der Waals surface area contributed by atoms with E-state index in [0.29, 0.717) is 18.7 Å². The fourth-order valence-corrected chi connectivity index (χ4v) is 3.44. The molecule has 4 rings (SSSR count). The molecular formula is C21H20N2O2. The molecule has 1 aliphatic rings. The van der Waals surface area contributed by atoms with E-state index in [1.165, 1.54) is 5.56 Å². The van der Waals surface area contributed by atoms with Crippen molar-refractivity contribution in [3.63, 3.8) is 0 Å². The summed E-state index contributed by atoms with van der Waals surface area (Å²) in [6.07, 6.45) is 3.55. The standard InChI is InChI=1S/C21H20N2O2/c1-15-13-17-9-5-6-10-18(17)23(15)21(24)12-11-20-22-14-19(25-20)16-7-3-2-4-8-16/h2-10,14-15H,11-13H2,1H3. The Balaban J connectivity index is 1.44. The zero-order chi connectivity index (χ0) is 17.2. The summed E-state index contributed by atoms with van der Waals surface area (Å²) >= 11 is 0. The third-order valence-corrected chi connectivity index (χ3v) is 4.64. The van der Waals surface area contributed by atoms with Crippen LogP contribution in [0.3, 0.4) is 0 Å². The minimum Gasteiger partial charge on any atom is -0.441 e. The van der Waals surface area contributed by atoms with E-state index in [4.69, 9.17) is 4.42 Å². The molecule has 1 aromatic heterocycles. The Kier molecular flexibility index (Phi) is 4.10. The third-order valence-electron chi connectivity index (χ3n) is 4.64. The predicted octanol–water partition coefficient (Wildman–Crippen LogP) is 4.25. The van der Waals surface area contributed by atoms with Gasteiger partial charge in [-0.25, -0.2) is 4.98 Å². The Bertz CT molecular complexity index is 886. The average molecular weight is 332 g/mol. The number of oxazole rings is 1. The van der Waals surface area contributed by atoms with Crippen molar-refractivity contribution >= 4 is 11.6 Å². The summed E-state index contributed by atoms with van der Waals surface area (Å²) in [5.74, 6) is 1.46. The van der Waals surface area contributed by atoms with Gasteiger partial charge in [-0.2, -0.15) is 0 Å². The van der Waals surface area contributed by atoms with Crippen LogP contribution in [-0.4, -0.2) is 16.9 Å². The number of hydrogen-bond acceptors (Lipinski definition) is 3. The van der Waals surface area contributed by atoms with Crippen molar-refractivity contribution in [1.82, 2.24) is 4.98 Å². The lowest BCUT2D eigenvalue weighted by molar-refractivity contribution is -0.118. The summed E-state index contributed by atoms with van der Waals surface area (Å²) < 4.78 is 5.80. The van der Waals surface area contributed by atoms with Gasteiger partial charge in [-0.3, -0.25) is 4.79 Å². The average Bonchev–Trinajstić information content (AvgIpc) is 3.24. The molecule has 2 heterocycles. The monoisotopic (exact) mass is 332 g/mol. The second-order valence-corrected chi connectivity index (χ2v) is 6.43. The highest BCUT2D eigenvalue weighted by Crippen LogP contribution is 2.32. The zero-order valence-electron chi connectivity index (χ0n) is 14.2. The van der Waals surface area contributed by atoms with Gasteiger partial charge in [-0.1, -0.05) is 48.5 Å². The second kappa shape index (κ2) is 6.55. The van der Waals surface area contributed by atoms with Crippen LogP contribution in [0.2, 0.25) is 0 Å². The molecule has 2 aromatic carbocycles. The maximum Gasteiger partial charge on any atom is 0.227 e. The smallest absolute Gasteiger partial charge is 0.227 e. The molecule has 1 unspecified atom stereocenters. The lowest BCUT2D eigenvalue weighted by Crippen LogP contribution is -2.35. The fourth-order valence-electron chi connectivity index (χ4n) is 3.44. The van der Waals surface area contributed by atoms with Crippen molar-refractivity contribution in [2.45, 2.75) is 32.2 Å². The Labute approximate surface area is 147 Å². The number of nitrogens with zero attached hydrogens (tertiary/aromatic N) is 2. The molecule has 1 atom stereocenters. The summed E-state index contributed by atoms with van der Waals surface area (Å²) in [6.45, 7) is 2.09. The number of carbonyl (C=O) groups excluding carboxylic acids is 1. The molecule has 25 heavy (non-hydrogen) atoms. The summed E-state index contributed by atoms with van der Waals surface area (Å²) in [5.41, 5.74) is 3.28. The SMILES string of the molecule is CC1Cc2ccccc2N1C(=O)CCc1ncc(-c2ccccc2)o1. The summed E-state index contributed by atoms with van der Waals surface area (Å²) in [5, 5.41) is 0. The second-order valence-electron chi connectivity index (χ2n) is 6.43. The van der Waals surface area contributed by atoms with Gasteiger partial charge in [0, 0.05) is 30.1 Å². The molecule has 0 aliphatic carbocycles. The minimum atomic E-state index is 0.122. The van der Waals surface area contributed by atoms with Crippen LogP contribution in [0.1, 0.15) is 24.8 Å². The van der Waals surface area contributed by atoms with E-state index < -0.39 is 0 Å². The summed E-state index contributed by atoms with van der Waals surface area (Å²) in [6, 6.07) is 18.2. The van der Waals surface area contributed by atoms with E-state index in [0.717, 1.165) is 23.4 Å². The minimum absolute atomic E-state index is 0.122. The number of aryl methyl sites for hydroxylation is 1. The molecule has 0 N–H and O–H groups in total. The normalized spacial score (nSPS) is 16.0. The molecule has 3 aromatic rings. The Morgan fingerprint density at radius 1 is 1.16 bits per heavy atom. The van der Waals surface area contributed by atoms with Crippen molar-refractivity contribution in [3.05, 3.63) is 72.2 Å². The van der Waals surface area contributed by atoms with Crippen LogP contribution in [0, 0.1) is 0 Å². The lowest BCUT2D eigenvalue weighted by Gasteiger charge is -2.22. The van der Waals surface area contributed by atoms with Gasteiger partial charge < -0.3 is 9.32 Å². The van der Waals surface area contributed by atoms with E-state index in [1.807, 2.05) is 53.4 Å². The number of anilines is 1. The molecule has 4 heteroatoms. The van der Waals surface area contributed by atoms with E-state index in [1.54, 1.807) is 6.20 Å². The van der Waals surface area contributed by atoms with Crippen LogP contribution >= 0.6 is 0 Å². The quantitative estimate of drug-likeness (QED) is 0.717. The number of aromatic nitrogens is 1. The number of para-hydroxylation sites is 1. The number of hydrogen-bond donors (Lipinski definition) is 0. The van der Waals surface area contributed by atoms with Gasteiger partial charge in [-0.15, -0.1) is 0 Å². The number of amides is 1. The van der Waals surface area contributed by atoms with E-state index in [9.17, 15) is 4.79 Å². The van der Waals surface area contributed by atoms with Gasteiger partial charge in [0.15, 0.2) is 11.7 Å². The molecule has 0 saturated carbocycles. The number of fused-ring (bicyclic) bond motifs is 1. The maximum absolute atomic E-state index is 12.7. The molecule has 0 bridgehead atoms. The van der Waals surface area contributed by atoms with E-state index in [-0.39, 0.29) is 11.9 Å². The third kappa shape index (κ3) is 3.07. The van der Waals surface area contributed by atoms with Crippen LogP contribution in [0.25, 0.3) is 11.3 Å². The molecule has 1 aliphatic heterocycles. The van der Waals surface area contributed by atoms with Gasteiger partial charge in [0.25, 0.3) is 0 Å². The van der Waals surface area contributed by atoms with Crippen LogP contribution in [0.5, 0.6) is 0 Å². The van der Waals surface area contributed by atoms with Crippen molar-refractivity contribution in [1.29, 1.82) is 0 Å². The zero-order valence-corrected chi connectivity index (χ0v) is 14.2. The Hall–Kier alpha value is -2.88. The fraction of sp³-hybridized carbons (Fsp3) is 0.238. The van der Waals surface area contributed by atoms with Crippen molar-refractivity contribution < 1.29 is 9.21 Å². The molecule has 0 saturated heterocycles. The highest BCUT2D eigenvalue weighted by molar-refractivity contribution is 5.96. The summed E-state index contributed by atoms with van der Waals surface area (Å²) in [7, 11) is 0. The lowest BCUT2D eigenvalue weighted by atomic mass is 10.1. The largest absolute Gasteiger partial charge is 0.441 e. The summed E-state index contributed by atoms with van der Waals surface area (Å²) in [4.78, 5) is 19.0. The van der Waals surface area contributed by atoms with Crippen molar-refractivity contribution in [2.75, 3.05) is 4.90 Å². The van der Waals surface area contributed by atoms with Gasteiger partial charge in [0.05, 0.1) is 6.20 Å². The molecule has 1 amide bonds. The van der Waals surface area contributed by atoms with Gasteiger partial charge in [-0.05, 0) is 25.0 Å². The molecule has 0 fully saturated rings. The predicted molar refractivity (Wildman–Crippen MR) is 97.4 cm³/mol. The van der Waals surface area contributed by atoms with Crippen LogP contribution in [-0.2, 0) is 17.6 Å². The highest BCUT2D eigenvalue weighted by Gasteiger charge is 2.30. The topological polar surface area (TPSA) is 46.3 Å². The van der Waals surface area contributed by atoms with Crippen LogP contribution in [0.15, 0.2) is 65.2 Å². The van der Waals surface area contributed by atoms with Gasteiger partial charge in [0.1, 0.15) is 0 Å². The first-order chi connectivity index (χ1) is 12.2. The number of carbonyl (C=O) groups is 1. The van der Waals surface area contributed by atoms with Crippen LogP contribution in [0.4, 0.5) is 5.69 Å².